The van der Waals surface area contributed by atoms with Crippen molar-refractivity contribution in [2.75, 3.05) is 0 Å². The molecular formula is C30H20N2O. The van der Waals surface area contributed by atoms with Crippen LogP contribution in [0.2, 0.25) is 0 Å². The number of fused-ring (bicyclic) bond motifs is 5. The molecule has 0 unspecified atom stereocenters. The zero-order chi connectivity index (χ0) is 21.9. The molecule has 0 saturated carbocycles. The van der Waals surface area contributed by atoms with Gasteiger partial charge in [0.1, 0.15) is 17.0 Å². The fourth-order valence-corrected chi connectivity index (χ4v) is 5.06. The van der Waals surface area contributed by atoms with Gasteiger partial charge in [0.15, 0.2) is 0 Å². The number of aryl methyl sites for hydroxylation is 1. The Labute approximate surface area is 190 Å². The van der Waals surface area contributed by atoms with Crippen LogP contribution in [0.3, 0.4) is 0 Å². The predicted molar refractivity (Wildman–Crippen MR) is 136 cm³/mol. The van der Waals surface area contributed by atoms with Crippen LogP contribution in [0.1, 0.15) is 5.82 Å². The minimum atomic E-state index is 0.918. The maximum Gasteiger partial charge on any atom is 0.143 e. The highest BCUT2D eigenvalue weighted by Crippen LogP contribution is 2.41. The Morgan fingerprint density at radius 1 is 0.697 bits per heavy atom. The first-order valence-electron chi connectivity index (χ1n) is 11.2. The van der Waals surface area contributed by atoms with Gasteiger partial charge in [-0.25, -0.2) is 4.98 Å². The fourth-order valence-electron chi connectivity index (χ4n) is 5.06. The molecule has 3 heteroatoms. The molecule has 156 valence electrons. The van der Waals surface area contributed by atoms with Gasteiger partial charge in [-0.3, -0.25) is 4.57 Å². The number of nitrogens with zero attached hydrogens (tertiary/aromatic N) is 2. The molecular weight excluding hydrogens is 404 g/mol. The van der Waals surface area contributed by atoms with E-state index >= 15 is 0 Å². The molecule has 3 nitrogen and oxygen atoms in total. The minimum Gasteiger partial charge on any atom is -0.455 e. The highest BCUT2D eigenvalue weighted by Gasteiger charge is 2.16. The SMILES string of the molecule is Cc1nc2ccccc2n1-c1ccc(-c2c3ccccc3cc3c2oc2ccccc23)cc1. The number of imidazole rings is 1. The normalized spacial score (nSPS) is 11.8. The van der Waals surface area contributed by atoms with Crippen molar-refractivity contribution in [3.63, 3.8) is 0 Å². The van der Waals surface area contributed by atoms with Crippen molar-refractivity contribution in [1.29, 1.82) is 0 Å². The lowest BCUT2D eigenvalue weighted by molar-refractivity contribution is 0.670. The number of aromatic nitrogens is 2. The van der Waals surface area contributed by atoms with Gasteiger partial charge >= 0.3 is 0 Å². The summed E-state index contributed by atoms with van der Waals surface area (Å²) in [6.07, 6.45) is 0. The molecule has 7 rings (SSSR count). The summed E-state index contributed by atoms with van der Waals surface area (Å²) in [5, 5.41) is 4.71. The van der Waals surface area contributed by atoms with Crippen molar-refractivity contribution in [1.82, 2.24) is 9.55 Å². The molecule has 0 fully saturated rings. The Morgan fingerprint density at radius 2 is 1.42 bits per heavy atom. The zero-order valence-electron chi connectivity index (χ0n) is 18.1. The largest absolute Gasteiger partial charge is 0.455 e. The van der Waals surface area contributed by atoms with E-state index in [4.69, 9.17) is 9.40 Å². The van der Waals surface area contributed by atoms with E-state index in [1.54, 1.807) is 0 Å². The molecule has 7 aromatic rings. The van der Waals surface area contributed by atoms with Crippen LogP contribution >= 0.6 is 0 Å². The van der Waals surface area contributed by atoms with Crippen LogP contribution in [0.15, 0.2) is 108 Å². The third-order valence-corrected chi connectivity index (χ3v) is 6.53. The molecule has 33 heavy (non-hydrogen) atoms. The van der Waals surface area contributed by atoms with E-state index in [9.17, 15) is 0 Å². The van der Waals surface area contributed by atoms with E-state index in [0.717, 1.165) is 55.6 Å². The maximum absolute atomic E-state index is 6.41. The second kappa shape index (κ2) is 6.81. The number of para-hydroxylation sites is 3. The van der Waals surface area contributed by atoms with Crippen LogP contribution in [0.5, 0.6) is 0 Å². The average molecular weight is 425 g/mol. The predicted octanol–water partition coefficient (Wildman–Crippen LogP) is 8.05. The molecule has 0 spiro atoms. The lowest BCUT2D eigenvalue weighted by Crippen LogP contribution is -1.96. The van der Waals surface area contributed by atoms with Crippen LogP contribution < -0.4 is 0 Å². The first kappa shape index (κ1) is 18.2. The number of benzene rings is 5. The molecule has 0 atom stereocenters. The Hall–Kier alpha value is -4.37. The summed E-state index contributed by atoms with van der Waals surface area (Å²) < 4.78 is 8.62. The van der Waals surface area contributed by atoms with Gasteiger partial charge in [-0.05, 0) is 59.7 Å². The Morgan fingerprint density at radius 3 is 2.30 bits per heavy atom. The topological polar surface area (TPSA) is 31.0 Å². The summed E-state index contributed by atoms with van der Waals surface area (Å²) >= 11 is 0. The van der Waals surface area contributed by atoms with Gasteiger partial charge < -0.3 is 4.42 Å². The van der Waals surface area contributed by atoms with Crippen molar-refractivity contribution < 1.29 is 4.42 Å². The molecule has 0 N–H and O–H groups in total. The molecule has 0 amide bonds. The maximum atomic E-state index is 6.41. The fraction of sp³-hybridized carbons (Fsp3) is 0.0333. The number of hydrogen-bond acceptors (Lipinski definition) is 2. The smallest absolute Gasteiger partial charge is 0.143 e. The number of rotatable bonds is 2. The lowest BCUT2D eigenvalue weighted by Gasteiger charge is -2.11. The Kier molecular flexibility index (Phi) is 3.76. The average Bonchev–Trinajstić information content (AvgIpc) is 3.39. The van der Waals surface area contributed by atoms with Crippen molar-refractivity contribution >= 4 is 43.7 Å². The van der Waals surface area contributed by atoms with Crippen LogP contribution in [0.4, 0.5) is 0 Å². The quantitative estimate of drug-likeness (QED) is 0.281. The third-order valence-electron chi connectivity index (χ3n) is 6.53. The summed E-state index contributed by atoms with van der Waals surface area (Å²) in [6.45, 7) is 2.05. The Bertz CT molecular complexity index is 1820. The van der Waals surface area contributed by atoms with E-state index < -0.39 is 0 Å². The lowest BCUT2D eigenvalue weighted by atomic mass is 9.95. The molecule has 5 aromatic carbocycles. The third kappa shape index (κ3) is 2.66. The van der Waals surface area contributed by atoms with Crippen molar-refractivity contribution in [3.05, 3.63) is 109 Å². The van der Waals surface area contributed by atoms with Gasteiger partial charge in [0.2, 0.25) is 0 Å². The number of hydrogen-bond donors (Lipinski definition) is 0. The highest BCUT2D eigenvalue weighted by molar-refractivity contribution is 6.18. The van der Waals surface area contributed by atoms with Gasteiger partial charge in [0, 0.05) is 22.0 Å². The summed E-state index contributed by atoms with van der Waals surface area (Å²) in [4.78, 5) is 4.72. The van der Waals surface area contributed by atoms with Crippen molar-refractivity contribution in [2.45, 2.75) is 6.92 Å². The summed E-state index contributed by atoms with van der Waals surface area (Å²) in [6, 6.07) is 36.0. The van der Waals surface area contributed by atoms with E-state index in [1.807, 2.05) is 18.2 Å². The van der Waals surface area contributed by atoms with Crippen LogP contribution in [0, 0.1) is 6.92 Å². The molecule has 0 aliphatic rings. The van der Waals surface area contributed by atoms with Gasteiger partial charge in [-0.2, -0.15) is 0 Å². The van der Waals surface area contributed by atoms with Crippen molar-refractivity contribution in [2.24, 2.45) is 0 Å². The van der Waals surface area contributed by atoms with Gasteiger partial charge in [-0.1, -0.05) is 66.7 Å². The zero-order valence-corrected chi connectivity index (χ0v) is 18.1. The summed E-state index contributed by atoms with van der Waals surface area (Å²) in [5.41, 5.74) is 7.36. The number of furan rings is 1. The summed E-state index contributed by atoms with van der Waals surface area (Å²) in [5.74, 6) is 0.980. The van der Waals surface area contributed by atoms with E-state index in [0.29, 0.717) is 0 Å². The highest BCUT2D eigenvalue weighted by atomic mass is 16.3. The van der Waals surface area contributed by atoms with Crippen LogP contribution in [0.25, 0.3) is 60.6 Å². The van der Waals surface area contributed by atoms with Crippen molar-refractivity contribution in [3.8, 4) is 16.8 Å². The van der Waals surface area contributed by atoms with Crippen LogP contribution in [-0.4, -0.2) is 9.55 Å². The summed E-state index contributed by atoms with van der Waals surface area (Å²) in [7, 11) is 0. The van der Waals surface area contributed by atoms with Crippen LogP contribution in [-0.2, 0) is 0 Å². The van der Waals surface area contributed by atoms with E-state index in [-0.39, 0.29) is 0 Å². The molecule has 0 radical (unpaired) electrons. The first-order valence-corrected chi connectivity index (χ1v) is 11.2. The molecule has 0 aliphatic heterocycles. The monoisotopic (exact) mass is 424 g/mol. The van der Waals surface area contributed by atoms with Gasteiger partial charge in [0.05, 0.1) is 11.0 Å². The van der Waals surface area contributed by atoms with Gasteiger partial charge in [-0.15, -0.1) is 0 Å². The minimum absolute atomic E-state index is 0.918. The van der Waals surface area contributed by atoms with Gasteiger partial charge in [0.25, 0.3) is 0 Å². The second-order valence-electron chi connectivity index (χ2n) is 8.48. The molecule has 2 heterocycles. The molecule has 0 aliphatic carbocycles. The van der Waals surface area contributed by atoms with E-state index in [1.165, 1.54) is 10.8 Å². The molecule has 0 saturated heterocycles. The standard InChI is InChI=1S/C30H20N2O/c1-19-31-26-11-5-6-12-27(26)32(19)22-16-14-20(15-17-22)29-23-9-3-2-8-21(23)18-25-24-10-4-7-13-28(24)33-30(25)29/h2-18H,1H3. The first-order chi connectivity index (χ1) is 16.3. The van der Waals surface area contributed by atoms with E-state index in [2.05, 4.69) is 96.4 Å². The molecule has 0 bridgehead atoms. The molecule has 2 aromatic heterocycles. The Balaban J connectivity index is 1.48. The second-order valence-corrected chi connectivity index (χ2v) is 8.48.